The van der Waals surface area contributed by atoms with Crippen LogP contribution in [0, 0.1) is 17.6 Å². The van der Waals surface area contributed by atoms with Crippen molar-refractivity contribution in [2.45, 2.75) is 30.8 Å². The normalized spacial score (nSPS) is 19.7. The van der Waals surface area contributed by atoms with Crippen molar-refractivity contribution in [3.8, 4) is 11.3 Å². The van der Waals surface area contributed by atoms with Crippen LogP contribution in [0.5, 0.6) is 0 Å². The number of sulfonamides is 1. The van der Waals surface area contributed by atoms with Crippen molar-refractivity contribution >= 4 is 21.1 Å². The lowest BCUT2D eigenvalue weighted by Crippen LogP contribution is -2.34. The molecule has 4 aromatic rings. The van der Waals surface area contributed by atoms with E-state index >= 15 is 0 Å². The smallest absolute Gasteiger partial charge is 0.246 e. The van der Waals surface area contributed by atoms with Crippen molar-refractivity contribution < 1.29 is 17.2 Å². The minimum absolute atomic E-state index is 0.0283. The van der Waals surface area contributed by atoms with E-state index in [9.17, 15) is 17.2 Å². The summed E-state index contributed by atoms with van der Waals surface area (Å²) in [5, 5.41) is 6.73. The van der Waals surface area contributed by atoms with Crippen LogP contribution in [0.15, 0.2) is 59.9 Å². The minimum Gasteiger partial charge on any atom is -0.346 e. The number of aromatic amines is 1. The molecule has 1 N–H and O–H groups in total. The number of H-pyrrole nitrogens is 1. The van der Waals surface area contributed by atoms with E-state index in [0.717, 1.165) is 40.5 Å². The zero-order chi connectivity index (χ0) is 22.5. The fourth-order valence-corrected chi connectivity index (χ4v) is 6.24. The van der Waals surface area contributed by atoms with E-state index in [0.29, 0.717) is 13.0 Å². The van der Waals surface area contributed by atoms with E-state index in [2.05, 4.69) is 19.7 Å². The second-order valence-corrected chi connectivity index (χ2v) is 10.0. The van der Waals surface area contributed by atoms with Crippen LogP contribution < -0.4 is 0 Å². The Bertz CT molecular complexity index is 1380. The molecule has 2 atom stereocenters. The van der Waals surface area contributed by atoms with Gasteiger partial charge in [-0.1, -0.05) is 0 Å². The number of fused-ring (bicyclic) bond motifs is 1. The van der Waals surface area contributed by atoms with Crippen LogP contribution in [0.4, 0.5) is 8.78 Å². The first kappa shape index (κ1) is 20.8. The zero-order valence-corrected chi connectivity index (χ0v) is 18.1. The number of halogens is 2. The van der Waals surface area contributed by atoms with Crippen LogP contribution in [-0.2, 0) is 16.6 Å². The highest BCUT2D eigenvalue weighted by Gasteiger charge is 2.39. The lowest BCUT2D eigenvalue weighted by molar-refractivity contribution is 0.396. The van der Waals surface area contributed by atoms with E-state index in [1.807, 2.05) is 24.4 Å². The Kier molecular flexibility index (Phi) is 5.06. The van der Waals surface area contributed by atoms with Gasteiger partial charge >= 0.3 is 0 Å². The van der Waals surface area contributed by atoms with Crippen LogP contribution in [0.2, 0.25) is 0 Å². The maximum absolute atomic E-state index is 14.2. The van der Waals surface area contributed by atoms with Crippen LogP contribution >= 0.6 is 0 Å². The predicted molar refractivity (Wildman–Crippen MR) is 115 cm³/mol. The Hall–Kier alpha value is -3.11. The molecule has 1 fully saturated rings. The van der Waals surface area contributed by atoms with Gasteiger partial charge in [-0.05, 0) is 55.7 Å². The van der Waals surface area contributed by atoms with E-state index in [1.165, 1.54) is 4.31 Å². The van der Waals surface area contributed by atoms with Crippen molar-refractivity contribution in [1.82, 2.24) is 24.1 Å². The van der Waals surface area contributed by atoms with E-state index < -0.39 is 26.6 Å². The molecule has 0 aliphatic carbocycles. The van der Waals surface area contributed by atoms with Crippen LogP contribution in [0.3, 0.4) is 0 Å². The molecule has 0 spiro atoms. The Morgan fingerprint density at radius 3 is 2.81 bits per heavy atom. The molecule has 0 bridgehead atoms. The number of hydrogen-bond donors (Lipinski definition) is 1. The predicted octanol–water partition coefficient (Wildman–Crippen LogP) is 3.80. The lowest BCUT2D eigenvalue weighted by Gasteiger charge is -2.21. The second kappa shape index (κ2) is 7.79. The number of benzene rings is 1. The summed E-state index contributed by atoms with van der Waals surface area (Å²) in [6.45, 7) is 2.62. The van der Waals surface area contributed by atoms with Crippen molar-refractivity contribution in [2.75, 3.05) is 6.54 Å². The van der Waals surface area contributed by atoms with E-state index in [4.69, 9.17) is 0 Å². The molecule has 4 heterocycles. The molecule has 166 valence electrons. The SMILES string of the molecule is C[C@@H]1C[C@@H](Cn2ccc3nc(-c4cn[nH]c4)ccc32)CN1S(=O)(=O)c1cc(F)ccc1F. The number of nitrogens with one attached hydrogen (secondary N) is 1. The van der Waals surface area contributed by atoms with Crippen LogP contribution in [-0.4, -0.2) is 45.1 Å². The summed E-state index contributed by atoms with van der Waals surface area (Å²) in [5.41, 5.74) is 3.49. The molecular weight excluding hydrogens is 436 g/mol. The number of aromatic nitrogens is 4. The molecule has 0 unspecified atom stereocenters. The summed E-state index contributed by atoms with van der Waals surface area (Å²) < 4.78 is 57.1. The third-order valence-corrected chi connectivity index (χ3v) is 7.95. The fraction of sp³-hybridized carbons (Fsp3) is 0.273. The topological polar surface area (TPSA) is 83.9 Å². The van der Waals surface area contributed by atoms with Gasteiger partial charge in [0.25, 0.3) is 0 Å². The lowest BCUT2D eigenvalue weighted by atomic mass is 10.1. The Balaban J connectivity index is 1.37. The molecule has 3 aromatic heterocycles. The van der Waals surface area contributed by atoms with Gasteiger partial charge < -0.3 is 4.57 Å². The third kappa shape index (κ3) is 3.59. The van der Waals surface area contributed by atoms with Crippen LogP contribution in [0.25, 0.3) is 22.3 Å². The largest absolute Gasteiger partial charge is 0.346 e. The van der Waals surface area contributed by atoms with Gasteiger partial charge in [0.2, 0.25) is 10.0 Å². The highest BCUT2D eigenvalue weighted by molar-refractivity contribution is 7.89. The molecule has 1 aliphatic rings. The molecule has 1 aromatic carbocycles. The third-order valence-electron chi connectivity index (χ3n) is 5.96. The average Bonchev–Trinajstić information content (AvgIpc) is 3.50. The monoisotopic (exact) mass is 457 g/mol. The highest BCUT2D eigenvalue weighted by atomic mass is 32.2. The first-order valence-electron chi connectivity index (χ1n) is 10.2. The molecule has 0 radical (unpaired) electrons. The minimum atomic E-state index is -4.14. The Morgan fingerprint density at radius 2 is 2.03 bits per heavy atom. The summed E-state index contributed by atoms with van der Waals surface area (Å²) in [6.07, 6.45) is 6.05. The van der Waals surface area contributed by atoms with Crippen molar-refractivity contribution in [2.24, 2.45) is 5.92 Å². The van der Waals surface area contributed by atoms with Crippen molar-refractivity contribution in [1.29, 1.82) is 0 Å². The first-order valence-corrected chi connectivity index (χ1v) is 11.7. The first-order chi connectivity index (χ1) is 15.3. The summed E-state index contributed by atoms with van der Waals surface area (Å²) in [7, 11) is -4.14. The number of hydrogen-bond acceptors (Lipinski definition) is 4. The molecule has 1 aliphatic heterocycles. The molecule has 0 saturated carbocycles. The van der Waals surface area contributed by atoms with E-state index in [-0.39, 0.29) is 18.5 Å². The van der Waals surface area contributed by atoms with Crippen LogP contribution in [0.1, 0.15) is 13.3 Å². The molecule has 0 amide bonds. The number of rotatable bonds is 5. The highest BCUT2D eigenvalue weighted by Crippen LogP contribution is 2.32. The summed E-state index contributed by atoms with van der Waals surface area (Å²) >= 11 is 0. The molecule has 1 saturated heterocycles. The molecule has 7 nitrogen and oxygen atoms in total. The van der Waals surface area contributed by atoms with Crippen molar-refractivity contribution in [3.63, 3.8) is 0 Å². The Morgan fingerprint density at radius 1 is 1.19 bits per heavy atom. The molecule has 10 heteroatoms. The molecular formula is C22H21F2N5O2S. The Labute approximate surface area is 183 Å². The van der Waals surface area contributed by atoms with Gasteiger partial charge in [-0.15, -0.1) is 0 Å². The fourth-order valence-electron chi connectivity index (χ4n) is 4.44. The standard InChI is InChI=1S/C22H21F2N5O2S/c1-14-8-15(13-29(14)32(30,31)22-9-17(23)2-3-18(22)24)12-28-7-6-20-21(28)5-4-19(27-20)16-10-25-26-11-16/h2-7,9-11,14-15H,8,12-13H2,1H3,(H,25,26)/t14-,15+/m1/s1. The second-order valence-electron chi connectivity index (χ2n) is 8.16. The van der Waals surface area contributed by atoms with Gasteiger partial charge in [-0.2, -0.15) is 9.40 Å². The molecule has 5 rings (SSSR count). The maximum atomic E-state index is 14.2. The van der Waals surface area contributed by atoms with E-state index in [1.54, 1.807) is 19.3 Å². The number of nitrogens with zero attached hydrogens (tertiary/aromatic N) is 4. The maximum Gasteiger partial charge on any atom is 0.246 e. The quantitative estimate of drug-likeness (QED) is 0.494. The molecule has 32 heavy (non-hydrogen) atoms. The van der Waals surface area contributed by atoms with Gasteiger partial charge in [0.1, 0.15) is 16.5 Å². The number of pyridine rings is 1. The zero-order valence-electron chi connectivity index (χ0n) is 17.2. The van der Waals surface area contributed by atoms with Gasteiger partial charge in [0.05, 0.1) is 22.9 Å². The van der Waals surface area contributed by atoms with Gasteiger partial charge in [0, 0.05) is 37.1 Å². The average molecular weight is 458 g/mol. The van der Waals surface area contributed by atoms with Gasteiger partial charge in [-0.3, -0.25) is 5.10 Å². The summed E-state index contributed by atoms with van der Waals surface area (Å²) in [5.74, 6) is -1.70. The van der Waals surface area contributed by atoms with Gasteiger partial charge in [-0.25, -0.2) is 22.2 Å². The summed E-state index contributed by atoms with van der Waals surface area (Å²) in [6, 6.07) is 8.01. The summed E-state index contributed by atoms with van der Waals surface area (Å²) in [4.78, 5) is 4.06. The van der Waals surface area contributed by atoms with Crippen molar-refractivity contribution in [3.05, 3.63) is 66.6 Å². The van der Waals surface area contributed by atoms with Gasteiger partial charge in [0.15, 0.2) is 0 Å².